The highest BCUT2D eigenvalue weighted by Crippen LogP contribution is 2.46. The number of nitrogens with one attached hydrogen (secondary N) is 2. The minimum absolute atomic E-state index is 0.0641. The third-order valence-corrected chi connectivity index (χ3v) is 4.93. The van der Waals surface area contributed by atoms with E-state index in [2.05, 4.69) is 39.9 Å². The second-order valence-corrected chi connectivity index (χ2v) is 6.73. The molecule has 1 aliphatic rings. The van der Waals surface area contributed by atoms with Gasteiger partial charge < -0.3 is 15.4 Å². The third-order valence-electron chi connectivity index (χ3n) is 4.93. The lowest BCUT2D eigenvalue weighted by molar-refractivity contribution is 0.386. The number of halogens is 1. The van der Waals surface area contributed by atoms with Crippen LogP contribution in [0.5, 0.6) is 5.75 Å². The van der Waals surface area contributed by atoms with Crippen LogP contribution in [-0.4, -0.2) is 26.7 Å². The Labute approximate surface area is 154 Å². The number of hydrogen-bond acceptors (Lipinski definition) is 2. The van der Waals surface area contributed by atoms with Crippen molar-refractivity contribution in [1.82, 2.24) is 10.6 Å². The Hall–Kier alpha value is -2.56. The van der Waals surface area contributed by atoms with E-state index in [-0.39, 0.29) is 17.6 Å². The summed E-state index contributed by atoms with van der Waals surface area (Å²) in [6.07, 6.45) is 1.20. The summed E-state index contributed by atoms with van der Waals surface area (Å²) in [5.74, 6) is 1.89. The van der Waals surface area contributed by atoms with E-state index in [0.29, 0.717) is 11.8 Å². The molecule has 3 rings (SSSR count). The van der Waals surface area contributed by atoms with E-state index in [9.17, 15) is 4.39 Å². The molecule has 0 saturated heterocycles. The average Bonchev–Trinajstić information content (AvgIpc) is 3.45. The largest absolute Gasteiger partial charge is 0.494 e. The van der Waals surface area contributed by atoms with E-state index in [4.69, 9.17) is 4.74 Å². The zero-order valence-electron chi connectivity index (χ0n) is 15.5. The fraction of sp³-hybridized carbons (Fsp3) is 0.381. The molecule has 3 unspecified atom stereocenters. The van der Waals surface area contributed by atoms with E-state index in [1.807, 2.05) is 19.1 Å². The molecule has 0 bridgehead atoms. The molecule has 0 aromatic heterocycles. The number of nitrogens with zero attached hydrogens (tertiary/aromatic N) is 1. The molecule has 0 amide bonds. The molecule has 2 N–H and O–H groups in total. The Kier molecular flexibility index (Phi) is 5.76. The first-order valence-corrected chi connectivity index (χ1v) is 8.98. The van der Waals surface area contributed by atoms with Gasteiger partial charge in [-0.25, -0.2) is 4.39 Å². The van der Waals surface area contributed by atoms with E-state index < -0.39 is 0 Å². The highest BCUT2D eigenvalue weighted by molar-refractivity contribution is 5.80. The Bertz CT molecular complexity index is 763. The molecule has 1 saturated carbocycles. The lowest BCUT2D eigenvalue weighted by Gasteiger charge is -2.19. The standard InChI is InChI=1S/C21H26FN3O/c1-14(16-9-10-20(26-3)19(22)12-16)25-21(23-2)24-13-17-11-18(17)15-7-5-4-6-8-15/h4-10,12,14,17-18H,11,13H2,1-3H3,(H2,23,24,25). The molecule has 26 heavy (non-hydrogen) atoms. The molecule has 3 atom stereocenters. The Morgan fingerprint density at radius 2 is 2.04 bits per heavy atom. The van der Waals surface area contributed by atoms with Crippen molar-refractivity contribution in [3.05, 3.63) is 65.5 Å². The first-order valence-electron chi connectivity index (χ1n) is 8.98. The van der Waals surface area contributed by atoms with Crippen molar-refractivity contribution in [2.24, 2.45) is 10.9 Å². The third kappa shape index (κ3) is 4.34. The Balaban J connectivity index is 1.51. The van der Waals surface area contributed by atoms with Crippen LogP contribution in [0, 0.1) is 11.7 Å². The fourth-order valence-corrected chi connectivity index (χ4v) is 3.24. The van der Waals surface area contributed by atoms with Crippen LogP contribution in [0.2, 0.25) is 0 Å². The van der Waals surface area contributed by atoms with Gasteiger partial charge in [0, 0.05) is 13.6 Å². The van der Waals surface area contributed by atoms with Crippen LogP contribution in [0.3, 0.4) is 0 Å². The van der Waals surface area contributed by atoms with Gasteiger partial charge in [-0.15, -0.1) is 0 Å². The van der Waals surface area contributed by atoms with E-state index in [1.165, 1.54) is 25.2 Å². The van der Waals surface area contributed by atoms with Gasteiger partial charge in [0.2, 0.25) is 0 Å². The van der Waals surface area contributed by atoms with E-state index >= 15 is 0 Å². The number of guanidine groups is 1. The smallest absolute Gasteiger partial charge is 0.191 e. The zero-order valence-corrected chi connectivity index (χ0v) is 15.5. The Morgan fingerprint density at radius 3 is 2.69 bits per heavy atom. The number of benzene rings is 2. The van der Waals surface area contributed by atoms with Gasteiger partial charge in [0.1, 0.15) is 0 Å². The molecule has 2 aromatic carbocycles. The minimum Gasteiger partial charge on any atom is -0.494 e. The number of aliphatic imine (C=N–C) groups is 1. The molecule has 5 heteroatoms. The molecule has 1 aliphatic carbocycles. The van der Waals surface area contributed by atoms with Crippen molar-refractivity contribution in [1.29, 1.82) is 0 Å². The summed E-state index contributed by atoms with van der Waals surface area (Å²) in [7, 11) is 3.21. The molecule has 138 valence electrons. The SMILES string of the molecule is CN=C(NCC1CC1c1ccccc1)NC(C)c1ccc(OC)c(F)c1. The van der Waals surface area contributed by atoms with Crippen molar-refractivity contribution < 1.29 is 9.13 Å². The highest BCUT2D eigenvalue weighted by Gasteiger charge is 2.37. The summed E-state index contributed by atoms with van der Waals surface area (Å²) in [5, 5.41) is 6.71. The van der Waals surface area contributed by atoms with Gasteiger partial charge in [0.25, 0.3) is 0 Å². The number of hydrogen-bond donors (Lipinski definition) is 2. The monoisotopic (exact) mass is 355 g/mol. The lowest BCUT2D eigenvalue weighted by atomic mass is 10.1. The van der Waals surface area contributed by atoms with Crippen molar-refractivity contribution in [2.75, 3.05) is 20.7 Å². The van der Waals surface area contributed by atoms with E-state index in [1.54, 1.807) is 13.1 Å². The lowest BCUT2D eigenvalue weighted by Crippen LogP contribution is -2.39. The first kappa shape index (κ1) is 18.2. The second kappa shape index (κ2) is 8.21. The van der Waals surface area contributed by atoms with Gasteiger partial charge in [-0.05, 0) is 48.4 Å². The van der Waals surface area contributed by atoms with Crippen LogP contribution >= 0.6 is 0 Å². The number of rotatable bonds is 6. The van der Waals surface area contributed by atoms with Crippen molar-refractivity contribution in [2.45, 2.75) is 25.3 Å². The van der Waals surface area contributed by atoms with Crippen LogP contribution in [0.15, 0.2) is 53.5 Å². The summed E-state index contributed by atoms with van der Waals surface area (Å²) in [4.78, 5) is 4.28. The summed E-state index contributed by atoms with van der Waals surface area (Å²) < 4.78 is 18.9. The second-order valence-electron chi connectivity index (χ2n) is 6.73. The summed E-state index contributed by atoms with van der Waals surface area (Å²) >= 11 is 0. The molecular formula is C21H26FN3O. The molecule has 0 aliphatic heterocycles. The van der Waals surface area contributed by atoms with Crippen LogP contribution in [-0.2, 0) is 0 Å². The maximum Gasteiger partial charge on any atom is 0.191 e. The van der Waals surface area contributed by atoms with Crippen LogP contribution < -0.4 is 15.4 Å². The normalized spacial score (nSPS) is 20.4. The minimum atomic E-state index is -0.356. The quantitative estimate of drug-likeness (QED) is 0.611. The van der Waals surface area contributed by atoms with Crippen LogP contribution in [0.4, 0.5) is 4.39 Å². The predicted octanol–water partition coefficient (Wildman–Crippen LogP) is 3.86. The predicted molar refractivity (Wildman–Crippen MR) is 103 cm³/mol. The van der Waals surface area contributed by atoms with Gasteiger partial charge in [-0.2, -0.15) is 0 Å². The van der Waals surface area contributed by atoms with Gasteiger partial charge in [-0.3, -0.25) is 4.99 Å². The summed E-state index contributed by atoms with van der Waals surface area (Å²) in [6.45, 7) is 2.86. The van der Waals surface area contributed by atoms with Gasteiger partial charge >= 0.3 is 0 Å². The average molecular weight is 355 g/mol. The highest BCUT2D eigenvalue weighted by atomic mass is 19.1. The fourth-order valence-electron chi connectivity index (χ4n) is 3.24. The summed E-state index contributed by atoms with van der Waals surface area (Å²) in [6, 6.07) is 15.6. The first-order chi connectivity index (χ1) is 12.6. The van der Waals surface area contributed by atoms with E-state index in [0.717, 1.165) is 18.1 Å². The van der Waals surface area contributed by atoms with Crippen LogP contribution in [0.1, 0.15) is 36.4 Å². The van der Waals surface area contributed by atoms with Crippen LogP contribution in [0.25, 0.3) is 0 Å². The molecule has 0 radical (unpaired) electrons. The van der Waals surface area contributed by atoms with Gasteiger partial charge in [0.05, 0.1) is 13.2 Å². The number of methoxy groups -OCH3 is 1. The topological polar surface area (TPSA) is 45.7 Å². The molecular weight excluding hydrogens is 329 g/mol. The maximum absolute atomic E-state index is 13.9. The Morgan fingerprint density at radius 1 is 1.27 bits per heavy atom. The molecule has 2 aromatic rings. The molecule has 4 nitrogen and oxygen atoms in total. The zero-order chi connectivity index (χ0) is 18.5. The maximum atomic E-state index is 13.9. The van der Waals surface area contributed by atoms with Crippen molar-refractivity contribution in [3.63, 3.8) is 0 Å². The van der Waals surface area contributed by atoms with Gasteiger partial charge in [0.15, 0.2) is 17.5 Å². The summed E-state index contributed by atoms with van der Waals surface area (Å²) in [5.41, 5.74) is 2.25. The molecule has 0 heterocycles. The van der Waals surface area contributed by atoms with Crippen molar-refractivity contribution >= 4 is 5.96 Å². The molecule has 1 fully saturated rings. The molecule has 0 spiro atoms. The number of ether oxygens (including phenoxy) is 1. The van der Waals surface area contributed by atoms with Gasteiger partial charge in [-0.1, -0.05) is 36.4 Å². The van der Waals surface area contributed by atoms with Crippen molar-refractivity contribution in [3.8, 4) is 5.75 Å².